The van der Waals surface area contributed by atoms with Gasteiger partial charge in [0.15, 0.2) is 5.96 Å². The number of nitrogens with zero attached hydrogens (tertiary/aromatic N) is 3. The molecule has 1 unspecified atom stereocenters. The predicted octanol–water partition coefficient (Wildman–Crippen LogP) is 2.15. The first-order valence-electron chi connectivity index (χ1n) is 7.01. The first-order chi connectivity index (χ1) is 10.1. The number of nitrogens with one attached hydrogen (secondary N) is 1. The van der Waals surface area contributed by atoms with Crippen molar-refractivity contribution in [2.24, 2.45) is 10.7 Å². The second kappa shape index (κ2) is 6.88. The van der Waals surface area contributed by atoms with Crippen LogP contribution in [0.1, 0.15) is 32.6 Å². The molecule has 0 saturated heterocycles. The highest BCUT2D eigenvalue weighted by molar-refractivity contribution is 5.78. The summed E-state index contributed by atoms with van der Waals surface area (Å²) < 4.78 is 5.30. The third-order valence-corrected chi connectivity index (χ3v) is 2.87. The van der Waals surface area contributed by atoms with Gasteiger partial charge in [-0.05, 0) is 13.8 Å². The molecule has 21 heavy (non-hydrogen) atoms. The van der Waals surface area contributed by atoms with Gasteiger partial charge in [-0.25, -0.2) is 0 Å². The van der Waals surface area contributed by atoms with E-state index in [2.05, 4.69) is 20.4 Å². The minimum Gasteiger partial charge on any atom is -0.370 e. The number of aliphatic imine (C=N–C) groups is 1. The van der Waals surface area contributed by atoms with Gasteiger partial charge in [0.2, 0.25) is 11.7 Å². The zero-order valence-corrected chi connectivity index (χ0v) is 12.6. The topological polar surface area (TPSA) is 89.3 Å². The van der Waals surface area contributed by atoms with E-state index in [1.54, 1.807) is 0 Å². The van der Waals surface area contributed by atoms with Crippen LogP contribution in [-0.2, 0) is 0 Å². The Morgan fingerprint density at radius 2 is 2.00 bits per heavy atom. The SMILES string of the molecule is CC(C)NC(N)=NCC(C)c1nc(-c2ccccc2)no1. The van der Waals surface area contributed by atoms with Crippen molar-refractivity contribution >= 4 is 5.96 Å². The quantitative estimate of drug-likeness (QED) is 0.649. The lowest BCUT2D eigenvalue weighted by atomic mass is 10.2. The summed E-state index contributed by atoms with van der Waals surface area (Å²) in [6.07, 6.45) is 0. The molecule has 2 aromatic rings. The van der Waals surface area contributed by atoms with Crippen molar-refractivity contribution in [2.75, 3.05) is 6.54 Å². The molecule has 0 aliphatic rings. The Labute approximate surface area is 124 Å². The maximum absolute atomic E-state index is 5.77. The van der Waals surface area contributed by atoms with Crippen molar-refractivity contribution in [1.82, 2.24) is 15.5 Å². The average molecular weight is 287 g/mol. The van der Waals surface area contributed by atoms with E-state index in [1.165, 1.54) is 0 Å². The van der Waals surface area contributed by atoms with Gasteiger partial charge in [0, 0.05) is 11.6 Å². The summed E-state index contributed by atoms with van der Waals surface area (Å²) in [6.45, 7) is 6.50. The van der Waals surface area contributed by atoms with Crippen LogP contribution in [0.4, 0.5) is 0 Å². The smallest absolute Gasteiger partial charge is 0.231 e. The Hall–Kier alpha value is -2.37. The number of hydrogen-bond acceptors (Lipinski definition) is 4. The van der Waals surface area contributed by atoms with Crippen LogP contribution in [0.15, 0.2) is 39.8 Å². The van der Waals surface area contributed by atoms with E-state index < -0.39 is 0 Å². The third-order valence-electron chi connectivity index (χ3n) is 2.87. The van der Waals surface area contributed by atoms with Crippen LogP contribution in [0.3, 0.4) is 0 Å². The summed E-state index contributed by atoms with van der Waals surface area (Å²) in [7, 11) is 0. The maximum atomic E-state index is 5.77. The maximum Gasteiger partial charge on any atom is 0.231 e. The minimum atomic E-state index is 0.0162. The molecule has 1 aromatic carbocycles. The van der Waals surface area contributed by atoms with Gasteiger partial charge in [-0.15, -0.1) is 0 Å². The van der Waals surface area contributed by atoms with Gasteiger partial charge in [0.05, 0.1) is 12.5 Å². The van der Waals surface area contributed by atoms with Crippen LogP contribution < -0.4 is 11.1 Å². The lowest BCUT2D eigenvalue weighted by molar-refractivity contribution is 0.361. The Balaban J connectivity index is 2.01. The highest BCUT2D eigenvalue weighted by atomic mass is 16.5. The molecule has 0 bridgehead atoms. The molecule has 0 aliphatic heterocycles. The van der Waals surface area contributed by atoms with Crippen molar-refractivity contribution in [2.45, 2.75) is 32.7 Å². The second-order valence-electron chi connectivity index (χ2n) is 5.25. The number of benzene rings is 1. The average Bonchev–Trinajstić information content (AvgIpc) is 2.95. The largest absolute Gasteiger partial charge is 0.370 e. The van der Waals surface area contributed by atoms with Crippen molar-refractivity contribution in [3.05, 3.63) is 36.2 Å². The van der Waals surface area contributed by atoms with Crippen molar-refractivity contribution in [3.8, 4) is 11.4 Å². The first-order valence-corrected chi connectivity index (χ1v) is 7.01. The molecule has 6 heteroatoms. The zero-order valence-electron chi connectivity index (χ0n) is 12.6. The molecule has 3 N–H and O–H groups in total. The number of nitrogens with two attached hydrogens (primary N) is 1. The second-order valence-corrected chi connectivity index (χ2v) is 5.25. The zero-order chi connectivity index (χ0) is 15.2. The van der Waals surface area contributed by atoms with Crippen LogP contribution in [0, 0.1) is 0 Å². The highest BCUT2D eigenvalue weighted by Crippen LogP contribution is 2.19. The minimum absolute atomic E-state index is 0.0162. The molecule has 6 nitrogen and oxygen atoms in total. The summed E-state index contributed by atoms with van der Waals surface area (Å²) in [5.74, 6) is 1.60. The molecule has 0 fully saturated rings. The van der Waals surface area contributed by atoms with Gasteiger partial charge in [-0.2, -0.15) is 4.98 Å². The van der Waals surface area contributed by atoms with Crippen LogP contribution in [0.5, 0.6) is 0 Å². The number of hydrogen-bond donors (Lipinski definition) is 2. The molecular weight excluding hydrogens is 266 g/mol. The van der Waals surface area contributed by atoms with E-state index in [1.807, 2.05) is 51.1 Å². The highest BCUT2D eigenvalue weighted by Gasteiger charge is 2.15. The Kier molecular flexibility index (Phi) is 4.92. The third kappa shape index (κ3) is 4.30. The molecule has 0 aliphatic carbocycles. The fraction of sp³-hybridized carbons (Fsp3) is 0.400. The van der Waals surface area contributed by atoms with E-state index in [-0.39, 0.29) is 12.0 Å². The van der Waals surface area contributed by atoms with Crippen molar-refractivity contribution < 1.29 is 4.52 Å². The summed E-state index contributed by atoms with van der Waals surface area (Å²) in [6, 6.07) is 9.99. The molecule has 112 valence electrons. The molecule has 0 saturated carbocycles. The molecule has 1 atom stereocenters. The fourth-order valence-electron chi connectivity index (χ4n) is 1.79. The van der Waals surface area contributed by atoms with Gasteiger partial charge in [-0.3, -0.25) is 4.99 Å². The predicted molar refractivity (Wildman–Crippen MR) is 82.9 cm³/mol. The van der Waals surface area contributed by atoms with Crippen LogP contribution in [-0.4, -0.2) is 28.7 Å². The standard InChI is InChI=1S/C15H21N5O/c1-10(2)18-15(16)17-9-11(3)14-19-13(20-21-14)12-7-5-4-6-8-12/h4-8,10-11H,9H2,1-3H3,(H3,16,17,18). The number of rotatable bonds is 5. The van der Waals surface area contributed by atoms with Crippen molar-refractivity contribution in [1.29, 1.82) is 0 Å². The summed E-state index contributed by atoms with van der Waals surface area (Å²) in [5, 5.41) is 7.04. The van der Waals surface area contributed by atoms with E-state index >= 15 is 0 Å². The summed E-state index contributed by atoms with van der Waals surface area (Å²) in [4.78, 5) is 8.69. The molecule has 2 rings (SSSR count). The van der Waals surface area contributed by atoms with E-state index in [0.29, 0.717) is 24.2 Å². The number of guanidine groups is 1. The van der Waals surface area contributed by atoms with Gasteiger partial charge in [0.1, 0.15) is 0 Å². The van der Waals surface area contributed by atoms with Gasteiger partial charge >= 0.3 is 0 Å². The number of aromatic nitrogens is 2. The van der Waals surface area contributed by atoms with Crippen molar-refractivity contribution in [3.63, 3.8) is 0 Å². The summed E-state index contributed by atoms with van der Waals surface area (Å²) >= 11 is 0. The normalized spacial score (nSPS) is 13.4. The molecule has 1 heterocycles. The van der Waals surface area contributed by atoms with E-state index in [9.17, 15) is 0 Å². The van der Waals surface area contributed by atoms with Crippen LogP contribution in [0.2, 0.25) is 0 Å². The molecule has 1 aromatic heterocycles. The molecule has 0 spiro atoms. The van der Waals surface area contributed by atoms with Crippen LogP contribution >= 0.6 is 0 Å². The van der Waals surface area contributed by atoms with Gasteiger partial charge in [-0.1, -0.05) is 42.4 Å². The summed E-state index contributed by atoms with van der Waals surface area (Å²) in [5.41, 5.74) is 6.70. The molecule has 0 radical (unpaired) electrons. The lowest BCUT2D eigenvalue weighted by Gasteiger charge is -2.09. The lowest BCUT2D eigenvalue weighted by Crippen LogP contribution is -2.37. The molecule has 0 amide bonds. The Morgan fingerprint density at radius 1 is 1.29 bits per heavy atom. The first kappa shape index (κ1) is 15.0. The van der Waals surface area contributed by atoms with Gasteiger partial charge in [0.25, 0.3) is 0 Å². The van der Waals surface area contributed by atoms with Gasteiger partial charge < -0.3 is 15.6 Å². The molecular formula is C15H21N5O. The Morgan fingerprint density at radius 3 is 2.67 bits per heavy atom. The van der Waals surface area contributed by atoms with E-state index in [4.69, 9.17) is 10.3 Å². The monoisotopic (exact) mass is 287 g/mol. The Bertz CT molecular complexity index is 591. The fourth-order valence-corrected chi connectivity index (χ4v) is 1.79. The van der Waals surface area contributed by atoms with E-state index in [0.717, 1.165) is 5.56 Å². The van der Waals surface area contributed by atoms with Crippen LogP contribution in [0.25, 0.3) is 11.4 Å².